The molecule has 0 aromatic carbocycles. The van der Waals surface area contributed by atoms with Crippen LogP contribution in [-0.2, 0) is 11.2 Å². The molecule has 0 aliphatic rings. The lowest BCUT2D eigenvalue weighted by Crippen LogP contribution is -2.11. The molecule has 5 nitrogen and oxygen atoms in total. The van der Waals surface area contributed by atoms with Crippen LogP contribution in [0.1, 0.15) is 64.3 Å². The van der Waals surface area contributed by atoms with Crippen LogP contribution in [0.5, 0.6) is 0 Å². The highest BCUT2D eigenvalue weighted by atomic mass is 16.5. The van der Waals surface area contributed by atoms with Crippen molar-refractivity contribution in [2.75, 3.05) is 13.7 Å². The molecule has 0 aliphatic carbocycles. The summed E-state index contributed by atoms with van der Waals surface area (Å²) in [5.74, 6) is 2.35. The molecule has 0 radical (unpaired) electrons. The summed E-state index contributed by atoms with van der Waals surface area (Å²) >= 11 is 0. The van der Waals surface area contributed by atoms with Crippen LogP contribution < -0.4 is 5.73 Å². The van der Waals surface area contributed by atoms with Gasteiger partial charge in [-0.15, -0.1) is 0 Å². The lowest BCUT2D eigenvalue weighted by atomic mass is 9.94. The highest BCUT2D eigenvalue weighted by molar-refractivity contribution is 4.93. The lowest BCUT2D eigenvalue weighted by molar-refractivity contribution is 0.0555. The summed E-state index contributed by atoms with van der Waals surface area (Å²) in [6, 6.07) is 0. The Morgan fingerprint density at radius 1 is 1.25 bits per heavy atom. The van der Waals surface area contributed by atoms with Gasteiger partial charge >= 0.3 is 0 Å². The quantitative estimate of drug-likeness (QED) is 0.714. The van der Waals surface area contributed by atoms with E-state index < -0.39 is 0 Å². The second kappa shape index (κ2) is 9.08. The number of nitrogens with zero attached hydrogens (tertiary/aromatic N) is 2. The molecular formula is C15H29N3O2. The van der Waals surface area contributed by atoms with E-state index in [1.54, 1.807) is 7.11 Å². The van der Waals surface area contributed by atoms with Gasteiger partial charge in [0.15, 0.2) is 0 Å². The second-order valence-corrected chi connectivity index (χ2v) is 5.72. The van der Waals surface area contributed by atoms with E-state index >= 15 is 0 Å². The third-order valence-electron chi connectivity index (χ3n) is 3.64. The van der Waals surface area contributed by atoms with Gasteiger partial charge in [-0.05, 0) is 31.2 Å². The fourth-order valence-electron chi connectivity index (χ4n) is 2.57. The fourth-order valence-corrected chi connectivity index (χ4v) is 2.57. The Labute approximate surface area is 122 Å². The smallest absolute Gasteiger partial charge is 0.226 e. The van der Waals surface area contributed by atoms with Crippen LogP contribution in [0, 0.1) is 11.8 Å². The van der Waals surface area contributed by atoms with E-state index in [2.05, 4.69) is 30.9 Å². The molecule has 1 aromatic heterocycles. The zero-order chi connectivity index (χ0) is 15.0. The van der Waals surface area contributed by atoms with Crippen molar-refractivity contribution in [1.82, 2.24) is 10.1 Å². The molecule has 5 heteroatoms. The lowest BCUT2D eigenvalue weighted by Gasteiger charge is -2.14. The van der Waals surface area contributed by atoms with Gasteiger partial charge in [0.2, 0.25) is 11.7 Å². The average molecular weight is 283 g/mol. The molecule has 0 bridgehead atoms. The molecule has 2 atom stereocenters. The Hall–Kier alpha value is -0.940. The van der Waals surface area contributed by atoms with E-state index in [0.29, 0.717) is 23.6 Å². The van der Waals surface area contributed by atoms with Gasteiger partial charge in [-0.2, -0.15) is 4.98 Å². The van der Waals surface area contributed by atoms with Crippen LogP contribution in [0.3, 0.4) is 0 Å². The van der Waals surface area contributed by atoms with Gasteiger partial charge in [0, 0.05) is 13.5 Å². The monoisotopic (exact) mass is 283 g/mol. The first kappa shape index (κ1) is 17.1. The van der Waals surface area contributed by atoms with E-state index in [1.807, 2.05) is 0 Å². The van der Waals surface area contributed by atoms with Crippen LogP contribution in [0.2, 0.25) is 0 Å². The molecule has 0 saturated heterocycles. The summed E-state index contributed by atoms with van der Waals surface area (Å²) in [5, 5.41) is 4.04. The predicted molar refractivity (Wildman–Crippen MR) is 79.3 cm³/mol. The molecule has 1 aromatic rings. The number of ether oxygens (including phenoxy) is 1. The second-order valence-electron chi connectivity index (χ2n) is 5.72. The summed E-state index contributed by atoms with van der Waals surface area (Å²) in [6.45, 7) is 7.13. The van der Waals surface area contributed by atoms with Gasteiger partial charge in [-0.3, -0.25) is 0 Å². The van der Waals surface area contributed by atoms with Gasteiger partial charge in [0.1, 0.15) is 6.10 Å². The Balaban J connectivity index is 2.54. The number of hydrogen-bond donors (Lipinski definition) is 1. The predicted octanol–water partition coefficient (Wildman–Crippen LogP) is 3.11. The van der Waals surface area contributed by atoms with Crippen LogP contribution >= 0.6 is 0 Å². The first-order valence-electron chi connectivity index (χ1n) is 7.67. The number of nitrogens with two attached hydrogens (primary N) is 1. The largest absolute Gasteiger partial charge is 0.373 e. The van der Waals surface area contributed by atoms with Gasteiger partial charge in [0.25, 0.3) is 0 Å². The topological polar surface area (TPSA) is 74.2 Å². The first-order chi connectivity index (χ1) is 9.62. The summed E-state index contributed by atoms with van der Waals surface area (Å²) in [5.41, 5.74) is 5.66. The maximum atomic E-state index is 5.66. The maximum Gasteiger partial charge on any atom is 0.226 e. The number of aromatic nitrogens is 2. The Bertz CT molecular complexity index is 360. The highest BCUT2D eigenvalue weighted by Crippen LogP contribution is 2.23. The minimum atomic E-state index is -0.0945. The van der Waals surface area contributed by atoms with Crippen molar-refractivity contribution in [2.24, 2.45) is 17.6 Å². The van der Waals surface area contributed by atoms with E-state index in [1.165, 1.54) is 12.8 Å². The molecule has 116 valence electrons. The fraction of sp³-hybridized carbons (Fsp3) is 0.867. The third-order valence-corrected chi connectivity index (χ3v) is 3.64. The van der Waals surface area contributed by atoms with Gasteiger partial charge in [0.05, 0.1) is 0 Å². The van der Waals surface area contributed by atoms with Gasteiger partial charge in [-0.25, -0.2) is 0 Å². The molecule has 2 N–H and O–H groups in total. The third kappa shape index (κ3) is 5.21. The molecular weight excluding hydrogens is 254 g/mol. The number of rotatable bonds is 10. The Morgan fingerprint density at radius 2 is 2.00 bits per heavy atom. The van der Waals surface area contributed by atoms with Crippen molar-refractivity contribution in [1.29, 1.82) is 0 Å². The minimum Gasteiger partial charge on any atom is -0.373 e. The SMILES string of the molecule is CCCC(CCN)CCc1nc(C(OC)C(C)C)no1. The van der Waals surface area contributed by atoms with E-state index in [0.717, 1.165) is 25.8 Å². The molecule has 20 heavy (non-hydrogen) atoms. The standard InChI is InChI=1S/C15H29N3O2/c1-5-6-12(9-10-16)7-8-13-17-15(18-20-13)14(19-4)11(2)3/h11-12,14H,5-10,16H2,1-4H3. The van der Waals surface area contributed by atoms with Crippen molar-refractivity contribution in [3.05, 3.63) is 11.7 Å². The molecule has 1 heterocycles. The minimum absolute atomic E-state index is 0.0945. The van der Waals surface area contributed by atoms with Crippen LogP contribution in [0.15, 0.2) is 4.52 Å². The number of methoxy groups -OCH3 is 1. The summed E-state index contributed by atoms with van der Waals surface area (Å²) in [6.07, 6.45) is 5.27. The van der Waals surface area contributed by atoms with Crippen molar-refractivity contribution >= 4 is 0 Å². The van der Waals surface area contributed by atoms with Crippen molar-refractivity contribution < 1.29 is 9.26 Å². The van der Waals surface area contributed by atoms with Crippen molar-refractivity contribution in [3.8, 4) is 0 Å². The molecule has 0 aliphatic heterocycles. The molecule has 1 rings (SSSR count). The first-order valence-corrected chi connectivity index (χ1v) is 7.67. The number of hydrogen-bond acceptors (Lipinski definition) is 5. The molecule has 0 spiro atoms. The average Bonchev–Trinajstić information content (AvgIpc) is 2.85. The number of aryl methyl sites for hydroxylation is 1. The van der Waals surface area contributed by atoms with E-state index in [4.69, 9.17) is 15.0 Å². The van der Waals surface area contributed by atoms with E-state index in [9.17, 15) is 0 Å². The highest BCUT2D eigenvalue weighted by Gasteiger charge is 2.21. The van der Waals surface area contributed by atoms with Crippen LogP contribution in [0.25, 0.3) is 0 Å². The summed E-state index contributed by atoms with van der Waals surface area (Å²) in [4.78, 5) is 4.46. The molecule has 0 amide bonds. The normalized spacial score (nSPS) is 14.7. The molecule has 2 unspecified atom stereocenters. The Morgan fingerprint density at radius 3 is 2.55 bits per heavy atom. The molecule has 0 fully saturated rings. The van der Waals surface area contributed by atoms with Gasteiger partial charge in [-0.1, -0.05) is 38.8 Å². The zero-order valence-electron chi connectivity index (χ0n) is 13.3. The maximum absolute atomic E-state index is 5.66. The summed E-state index contributed by atoms with van der Waals surface area (Å²) < 4.78 is 10.7. The van der Waals surface area contributed by atoms with E-state index in [-0.39, 0.29) is 6.10 Å². The Kier molecular flexibility index (Phi) is 7.77. The molecule has 0 saturated carbocycles. The van der Waals surface area contributed by atoms with Crippen LogP contribution in [-0.4, -0.2) is 23.8 Å². The summed E-state index contributed by atoms with van der Waals surface area (Å²) in [7, 11) is 1.68. The van der Waals surface area contributed by atoms with Gasteiger partial charge < -0.3 is 15.0 Å². The van der Waals surface area contributed by atoms with Crippen molar-refractivity contribution in [2.45, 2.75) is 59.0 Å². The van der Waals surface area contributed by atoms with Crippen LogP contribution in [0.4, 0.5) is 0 Å². The zero-order valence-corrected chi connectivity index (χ0v) is 13.3. The van der Waals surface area contributed by atoms with Crippen molar-refractivity contribution in [3.63, 3.8) is 0 Å².